The highest BCUT2D eigenvalue weighted by molar-refractivity contribution is 4.93. The lowest BCUT2D eigenvalue weighted by Gasteiger charge is -2.35. The molecule has 17 heavy (non-hydrogen) atoms. The standard InChI is InChI=1S/C13H29N3O/c1-4-7-16(9-8-15(2)3)12(10-17)13(14)11-5-6-11/h11-13,17H,4-10,14H2,1-3H3. The summed E-state index contributed by atoms with van der Waals surface area (Å²) in [6, 6.07) is 0.288. The van der Waals surface area contributed by atoms with E-state index < -0.39 is 0 Å². The third kappa shape index (κ3) is 4.92. The minimum Gasteiger partial charge on any atom is -0.395 e. The van der Waals surface area contributed by atoms with Crippen LogP contribution in [0.4, 0.5) is 0 Å². The average molecular weight is 243 g/mol. The van der Waals surface area contributed by atoms with Crippen molar-refractivity contribution in [3.8, 4) is 0 Å². The second-order valence-electron chi connectivity index (χ2n) is 5.50. The molecule has 1 aliphatic carbocycles. The molecule has 0 radical (unpaired) electrons. The molecule has 1 fully saturated rings. The van der Waals surface area contributed by atoms with Crippen molar-refractivity contribution < 1.29 is 5.11 Å². The summed E-state index contributed by atoms with van der Waals surface area (Å²) in [4.78, 5) is 4.54. The van der Waals surface area contributed by atoms with Gasteiger partial charge in [-0.3, -0.25) is 4.90 Å². The van der Waals surface area contributed by atoms with Gasteiger partial charge in [-0.2, -0.15) is 0 Å². The summed E-state index contributed by atoms with van der Waals surface area (Å²) < 4.78 is 0. The molecule has 0 amide bonds. The van der Waals surface area contributed by atoms with Crippen molar-refractivity contribution in [2.75, 3.05) is 40.3 Å². The van der Waals surface area contributed by atoms with Gasteiger partial charge in [0.1, 0.15) is 0 Å². The van der Waals surface area contributed by atoms with Crippen molar-refractivity contribution in [1.29, 1.82) is 0 Å². The van der Waals surface area contributed by atoms with Crippen LogP contribution >= 0.6 is 0 Å². The third-order valence-corrected chi connectivity index (χ3v) is 3.61. The van der Waals surface area contributed by atoms with Crippen LogP contribution in [0.5, 0.6) is 0 Å². The zero-order chi connectivity index (χ0) is 12.8. The topological polar surface area (TPSA) is 52.7 Å². The second-order valence-corrected chi connectivity index (χ2v) is 5.50. The minimum absolute atomic E-state index is 0.141. The maximum absolute atomic E-state index is 9.60. The van der Waals surface area contributed by atoms with Crippen LogP contribution in [0.3, 0.4) is 0 Å². The van der Waals surface area contributed by atoms with Gasteiger partial charge >= 0.3 is 0 Å². The molecule has 0 aliphatic heterocycles. The van der Waals surface area contributed by atoms with Gasteiger partial charge < -0.3 is 15.7 Å². The van der Waals surface area contributed by atoms with E-state index in [1.54, 1.807) is 0 Å². The number of rotatable bonds is 9. The number of hydrogen-bond donors (Lipinski definition) is 2. The van der Waals surface area contributed by atoms with Crippen molar-refractivity contribution in [2.24, 2.45) is 11.7 Å². The molecular weight excluding hydrogens is 214 g/mol. The van der Waals surface area contributed by atoms with E-state index >= 15 is 0 Å². The lowest BCUT2D eigenvalue weighted by Crippen LogP contribution is -2.53. The Morgan fingerprint density at radius 1 is 1.24 bits per heavy atom. The van der Waals surface area contributed by atoms with E-state index in [1.165, 1.54) is 12.8 Å². The molecule has 0 aromatic carbocycles. The van der Waals surface area contributed by atoms with Crippen LogP contribution in [0.1, 0.15) is 26.2 Å². The molecule has 4 heteroatoms. The lowest BCUT2D eigenvalue weighted by atomic mass is 10.0. The fourth-order valence-corrected chi connectivity index (χ4v) is 2.34. The number of aliphatic hydroxyl groups is 1. The highest BCUT2D eigenvalue weighted by atomic mass is 16.3. The van der Waals surface area contributed by atoms with Crippen LogP contribution in [-0.2, 0) is 0 Å². The molecule has 0 aromatic rings. The smallest absolute Gasteiger partial charge is 0.0602 e. The number of likely N-dealkylation sites (N-methyl/N-ethyl adjacent to an activating group) is 1. The molecule has 1 saturated carbocycles. The van der Waals surface area contributed by atoms with Crippen molar-refractivity contribution in [1.82, 2.24) is 9.80 Å². The normalized spacial score (nSPS) is 19.9. The van der Waals surface area contributed by atoms with Crippen LogP contribution in [-0.4, -0.2) is 67.3 Å². The molecule has 0 aromatic heterocycles. The molecule has 0 spiro atoms. The van der Waals surface area contributed by atoms with Gasteiger partial charge in [0.05, 0.1) is 6.61 Å². The Labute approximate surface area is 106 Å². The maximum atomic E-state index is 9.60. The molecule has 0 bridgehead atoms. The first-order valence-electron chi connectivity index (χ1n) is 6.85. The first-order chi connectivity index (χ1) is 8.10. The van der Waals surface area contributed by atoms with Crippen molar-refractivity contribution in [3.63, 3.8) is 0 Å². The fraction of sp³-hybridized carbons (Fsp3) is 1.00. The SMILES string of the molecule is CCCN(CCN(C)C)C(CO)C(N)C1CC1. The van der Waals surface area contributed by atoms with Crippen molar-refractivity contribution in [3.05, 3.63) is 0 Å². The Kier molecular flexibility index (Phi) is 6.41. The Morgan fingerprint density at radius 2 is 1.88 bits per heavy atom. The number of nitrogens with two attached hydrogens (primary N) is 1. The summed E-state index contributed by atoms with van der Waals surface area (Å²) in [5.41, 5.74) is 6.26. The molecule has 4 nitrogen and oxygen atoms in total. The molecule has 1 aliphatic rings. The first kappa shape index (κ1) is 14.9. The highest BCUT2D eigenvalue weighted by Crippen LogP contribution is 2.33. The van der Waals surface area contributed by atoms with Gasteiger partial charge in [-0.15, -0.1) is 0 Å². The van der Waals surface area contributed by atoms with E-state index in [-0.39, 0.29) is 18.7 Å². The minimum atomic E-state index is 0.141. The van der Waals surface area contributed by atoms with E-state index in [2.05, 4.69) is 30.8 Å². The quantitative estimate of drug-likeness (QED) is 0.614. The van der Waals surface area contributed by atoms with E-state index in [9.17, 15) is 5.11 Å². The Bertz CT molecular complexity index is 207. The van der Waals surface area contributed by atoms with E-state index in [0.29, 0.717) is 5.92 Å². The van der Waals surface area contributed by atoms with E-state index in [4.69, 9.17) is 5.73 Å². The fourth-order valence-electron chi connectivity index (χ4n) is 2.34. The lowest BCUT2D eigenvalue weighted by molar-refractivity contribution is 0.0917. The Hall–Kier alpha value is -0.160. The number of aliphatic hydroxyl groups excluding tert-OH is 1. The van der Waals surface area contributed by atoms with Crippen molar-refractivity contribution in [2.45, 2.75) is 38.3 Å². The first-order valence-corrected chi connectivity index (χ1v) is 6.85. The summed E-state index contributed by atoms with van der Waals surface area (Å²) in [7, 11) is 4.16. The summed E-state index contributed by atoms with van der Waals surface area (Å²) >= 11 is 0. The van der Waals surface area contributed by atoms with E-state index in [1.807, 2.05) is 0 Å². The zero-order valence-corrected chi connectivity index (χ0v) is 11.6. The van der Waals surface area contributed by atoms with Gasteiger partial charge in [-0.25, -0.2) is 0 Å². The van der Waals surface area contributed by atoms with Gasteiger partial charge in [-0.05, 0) is 45.8 Å². The Balaban J connectivity index is 2.50. The van der Waals surface area contributed by atoms with Gasteiger partial charge in [0.2, 0.25) is 0 Å². The van der Waals surface area contributed by atoms with E-state index in [0.717, 1.165) is 26.1 Å². The van der Waals surface area contributed by atoms with Gasteiger partial charge in [-0.1, -0.05) is 6.92 Å². The highest BCUT2D eigenvalue weighted by Gasteiger charge is 2.36. The molecular formula is C13H29N3O. The van der Waals surface area contributed by atoms with Crippen molar-refractivity contribution >= 4 is 0 Å². The van der Waals surface area contributed by atoms with Crippen LogP contribution in [0.2, 0.25) is 0 Å². The summed E-state index contributed by atoms with van der Waals surface area (Å²) in [6.07, 6.45) is 3.60. The van der Waals surface area contributed by atoms with Crippen LogP contribution in [0.15, 0.2) is 0 Å². The molecule has 102 valence electrons. The van der Waals surface area contributed by atoms with Gasteiger partial charge in [0.15, 0.2) is 0 Å². The largest absolute Gasteiger partial charge is 0.395 e. The maximum Gasteiger partial charge on any atom is 0.0602 e. The number of hydrogen-bond acceptors (Lipinski definition) is 4. The predicted molar refractivity (Wildman–Crippen MR) is 72.0 cm³/mol. The van der Waals surface area contributed by atoms with Crippen LogP contribution in [0.25, 0.3) is 0 Å². The molecule has 2 atom stereocenters. The zero-order valence-electron chi connectivity index (χ0n) is 11.6. The monoisotopic (exact) mass is 243 g/mol. The molecule has 3 N–H and O–H groups in total. The molecule has 0 saturated heterocycles. The van der Waals surface area contributed by atoms with Crippen LogP contribution in [0, 0.1) is 5.92 Å². The summed E-state index contributed by atoms with van der Waals surface area (Å²) in [5, 5.41) is 9.60. The van der Waals surface area contributed by atoms with Crippen LogP contribution < -0.4 is 5.73 Å². The third-order valence-electron chi connectivity index (χ3n) is 3.61. The second kappa shape index (κ2) is 7.31. The summed E-state index contributed by atoms with van der Waals surface area (Å²) in [6.45, 7) is 5.41. The summed E-state index contributed by atoms with van der Waals surface area (Å²) in [5.74, 6) is 0.644. The van der Waals surface area contributed by atoms with Gasteiger partial charge in [0.25, 0.3) is 0 Å². The average Bonchev–Trinajstić information content (AvgIpc) is 3.10. The molecule has 1 rings (SSSR count). The molecule has 2 unspecified atom stereocenters. The van der Waals surface area contributed by atoms with Gasteiger partial charge in [0, 0.05) is 25.2 Å². The number of nitrogens with zero attached hydrogens (tertiary/aromatic N) is 2. The predicted octanol–water partition coefficient (Wildman–Crippen LogP) is 0.358. The molecule has 0 heterocycles. The Morgan fingerprint density at radius 3 is 2.29 bits per heavy atom.